The van der Waals surface area contributed by atoms with Crippen molar-refractivity contribution in [2.24, 2.45) is 5.92 Å². The van der Waals surface area contributed by atoms with Crippen molar-refractivity contribution in [1.29, 1.82) is 0 Å². The summed E-state index contributed by atoms with van der Waals surface area (Å²) in [6.07, 6.45) is -1.41. The molecular weight excluding hydrogens is 248 g/mol. The van der Waals surface area contributed by atoms with E-state index in [2.05, 4.69) is 0 Å². The second kappa shape index (κ2) is 7.53. The van der Waals surface area contributed by atoms with Gasteiger partial charge in [-0.1, -0.05) is 37.3 Å². The van der Waals surface area contributed by atoms with Crippen molar-refractivity contribution in [2.45, 2.75) is 32.5 Å². The third kappa shape index (κ3) is 6.01. The minimum absolute atomic E-state index is 0.00127. The SMILES string of the molecule is CC(CC(=O)OCc1ccccc1)C(O)CC(=O)O. The Bertz CT molecular complexity index is 415. The van der Waals surface area contributed by atoms with E-state index in [1.54, 1.807) is 6.92 Å². The molecule has 0 aliphatic rings. The van der Waals surface area contributed by atoms with Gasteiger partial charge in [0, 0.05) is 0 Å². The van der Waals surface area contributed by atoms with E-state index in [-0.39, 0.29) is 19.4 Å². The molecule has 0 aliphatic carbocycles. The smallest absolute Gasteiger partial charge is 0.306 e. The molecule has 5 heteroatoms. The molecule has 2 atom stereocenters. The van der Waals surface area contributed by atoms with Crippen molar-refractivity contribution in [3.05, 3.63) is 35.9 Å². The minimum atomic E-state index is -1.09. The Hall–Kier alpha value is -1.88. The van der Waals surface area contributed by atoms with E-state index >= 15 is 0 Å². The van der Waals surface area contributed by atoms with Crippen LogP contribution in [0.3, 0.4) is 0 Å². The number of carboxylic acids is 1. The maximum atomic E-state index is 11.5. The predicted octanol–water partition coefficient (Wildman–Crippen LogP) is 1.59. The molecule has 2 N–H and O–H groups in total. The van der Waals surface area contributed by atoms with Crippen LogP contribution in [0.15, 0.2) is 30.3 Å². The molecule has 2 unspecified atom stereocenters. The monoisotopic (exact) mass is 266 g/mol. The van der Waals surface area contributed by atoms with Crippen LogP contribution in [0.25, 0.3) is 0 Å². The molecule has 19 heavy (non-hydrogen) atoms. The van der Waals surface area contributed by atoms with Crippen molar-refractivity contribution >= 4 is 11.9 Å². The van der Waals surface area contributed by atoms with Crippen LogP contribution in [-0.2, 0) is 20.9 Å². The number of carboxylic acid groups (broad SMARTS) is 1. The Labute approximate surface area is 111 Å². The molecule has 0 bridgehead atoms. The van der Waals surface area contributed by atoms with Gasteiger partial charge in [0.05, 0.1) is 18.9 Å². The van der Waals surface area contributed by atoms with E-state index in [0.29, 0.717) is 0 Å². The van der Waals surface area contributed by atoms with Crippen molar-refractivity contribution in [2.75, 3.05) is 0 Å². The van der Waals surface area contributed by atoms with Crippen LogP contribution in [0.4, 0.5) is 0 Å². The van der Waals surface area contributed by atoms with Crippen LogP contribution in [0.5, 0.6) is 0 Å². The van der Waals surface area contributed by atoms with Crippen molar-refractivity contribution in [3.8, 4) is 0 Å². The molecule has 1 aromatic rings. The number of aliphatic carboxylic acids is 1. The summed E-state index contributed by atoms with van der Waals surface area (Å²) in [5.74, 6) is -1.97. The van der Waals surface area contributed by atoms with Gasteiger partial charge in [0.25, 0.3) is 0 Å². The molecule has 0 heterocycles. The third-order valence-corrected chi connectivity index (χ3v) is 2.77. The first kappa shape index (κ1) is 15.2. The number of aliphatic hydroxyl groups is 1. The van der Waals surface area contributed by atoms with Gasteiger partial charge in [-0.05, 0) is 11.5 Å². The van der Waals surface area contributed by atoms with E-state index < -0.39 is 24.0 Å². The topological polar surface area (TPSA) is 83.8 Å². The molecule has 0 aromatic heterocycles. The normalized spacial score (nSPS) is 13.6. The number of aliphatic hydroxyl groups excluding tert-OH is 1. The summed E-state index contributed by atoms with van der Waals surface area (Å²) in [4.78, 5) is 22.0. The fraction of sp³-hybridized carbons (Fsp3) is 0.429. The van der Waals surface area contributed by atoms with Crippen molar-refractivity contribution in [1.82, 2.24) is 0 Å². The van der Waals surface area contributed by atoms with Gasteiger partial charge >= 0.3 is 11.9 Å². The second-order valence-corrected chi connectivity index (χ2v) is 4.49. The minimum Gasteiger partial charge on any atom is -0.481 e. The highest BCUT2D eigenvalue weighted by Crippen LogP contribution is 2.13. The second-order valence-electron chi connectivity index (χ2n) is 4.49. The number of carbonyl (C=O) groups is 2. The maximum Gasteiger partial charge on any atom is 0.306 e. The standard InChI is InChI=1S/C14H18O5/c1-10(12(15)8-13(16)17)7-14(18)19-9-11-5-3-2-4-6-11/h2-6,10,12,15H,7-9H2,1H3,(H,16,17). The third-order valence-electron chi connectivity index (χ3n) is 2.77. The van der Waals surface area contributed by atoms with Gasteiger partial charge in [-0.3, -0.25) is 9.59 Å². The molecule has 1 aromatic carbocycles. The van der Waals surface area contributed by atoms with Crippen LogP contribution in [-0.4, -0.2) is 28.3 Å². The molecular formula is C14H18O5. The van der Waals surface area contributed by atoms with Gasteiger partial charge in [0.15, 0.2) is 0 Å². The Balaban J connectivity index is 2.32. The molecule has 0 amide bonds. The fourth-order valence-corrected chi connectivity index (χ4v) is 1.58. The lowest BCUT2D eigenvalue weighted by Gasteiger charge is -2.16. The van der Waals surface area contributed by atoms with Gasteiger partial charge in [-0.2, -0.15) is 0 Å². The number of esters is 1. The van der Waals surface area contributed by atoms with Crippen LogP contribution in [0, 0.1) is 5.92 Å². The Morgan fingerprint density at radius 3 is 2.42 bits per heavy atom. The summed E-state index contributed by atoms with van der Waals surface area (Å²) in [5, 5.41) is 18.1. The lowest BCUT2D eigenvalue weighted by atomic mass is 9.98. The van der Waals surface area contributed by atoms with E-state index in [9.17, 15) is 14.7 Å². The van der Waals surface area contributed by atoms with Gasteiger partial charge < -0.3 is 14.9 Å². The Morgan fingerprint density at radius 2 is 1.84 bits per heavy atom. The predicted molar refractivity (Wildman–Crippen MR) is 68.3 cm³/mol. The summed E-state index contributed by atoms with van der Waals surface area (Å²) < 4.78 is 5.06. The highest BCUT2D eigenvalue weighted by atomic mass is 16.5. The summed E-state index contributed by atoms with van der Waals surface area (Å²) in [5.41, 5.74) is 0.884. The number of rotatable bonds is 7. The molecule has 0 aliphatic heterocycles. The number of ether oxygens (including phenoxy) is 1. The lowest BCUT2D eigenvalue weighted by molar-refractivity contribution is -0.148. The van der Waals surface area contributed by atoms with E-state index in [1.807, 2.05) is 30.3 Å². The largest absolute Gasteiger partial charge is 0.481 e. The van der Waals surface area contributed by atoms with E-state index in [1.165, 1.54) is 0 Å². The van der Waals surface area contributed by atoms with E-state index in [4.69, 9.17) is 9.84 Å². The van der Waals surface area contributed by atoms with E-state index in [0.717, 1.165) is 5.56 Å². The molecule has 0 saturated carbocycles. The van der Waals surface area contributed by atoms with Crippen LogP contribution < -0.4 is 0 Å². The Kier molecular flexibility index (Phi) is 6.02. The molecule has 104 valence electrons. The molecule has 0 spiro atoms. The van der Waals surface area contributed by atoms with Crippen LogP contribution in [0.1, 0.15) is 25.3 Å². The first-order valence-electron chi connectivity index (χ1n) is 6.08. The van der Waals surface area contributed by atoms with Gasteiger partial charge in [-0.25, -0.2) is 0 Å². The zero-order valence-corrected chi connectivity index (χ0v) is 10.8. The summed E-state index contributed by atoms with van der Waals surface area (Å²) in [6.45, 7) is 1.80. The molecule has 0 fully saturated rings. The summed E-state index contributed by atoms with van der Waals surface area (Å²) in [7, 11) is 0. The highest BCUT2D eigenvalue weighted by molar-refractivity contribution is 5.70. The number of carbonyl (C=O) groups excluding carboxylic acids is 1. The molecule has 0 saturated heterocycles. The zero-order valence-electron chi connectivity index (χ0n) is 10.8. The average Bonchev–Trinajstić information content (AvgIpc) is 2.36. The molecule has 5 nitrogen and oxygen atoms in total. The lowest BCUT2D eigenvalue weighted by Crippen LogP contribution is -2.24. The average molecular weight is 266 g/mol. The summed E-state index contributed by atoms with van der Waals surface area (Å²) >= 11 is 0. The fourth-order valence-electron chi connectivity index (χ4n) is 1.58. The number of hydrogen-bond acceptors (Lipinski definition) is 4. The van der Waals surface area contributed by atoms with Gasteiger partial charge in [0.1, 0.15) is 6.61 Å². The van der Waals surface area contributed by atoms with Crippen LogP contribution >= 0.6 is 0 Å². The quantitative estimate of drug-likeness (QED) is 0.732. The van der Waals surface area contributed by atoms with Crippen molar-refractivity contribution in [3.63, 3.8) is 0 Å². The maximum absolute atomic E-state index is 11.5. The zero-order chi connectivity index (χ0) is 14.3. The van der Waals surface area contributed by atoms with Crippen molar-refractivity contribution < 1.29 is 24.5 Å². The van der Waals surface area contributed by atoms with Gasteiger partial charge in [-0.15, -0.1) is 0 Å². The Morgan fingerprint density at radius 1 is 1.21 bits per heavy atom. The number of benzene rings is 1. The first-order valence-corrected chi connectivity index (χ1v) is 6.08. The van der Waals surface area contributed by atoms with Gasteiger partial charge in [0.2, 0.25) is 0 Å². The highest BCUT2D eigenvalue weighted by Gasteiger charge is 2.21. The molecule has 0 radical (unpaired) electrons. The van der Waals surface area contributed by atoms with Crippen LogP contribution in [0.2, 0.25) is 0 Å². The summed E-state index contributed by atoms with van der Waals surface area (Å²) in [6, 6.07) is 9.26. The molecule has 1 rings (SSSR count). The number of hydrogen-bond donors (Lipinski definition) is 2. The first-order chi connectivity index (χ1) is 8.99.